The summed E-state index contributed by atoms with van der Waals surface area (Å²) in [4.78, 5) is 157. The SMILES string of the molecule is CC1=C2[C@@H](O)C(=O)[C@@]3(C)[C@H]([C@H](C)[C@](O)(C[C@@H]1OC(=O)[C@H](OC(=O)CN)[C@@H](N[B]C=O)c1ccccc1)C2(C)C)[C@]1(C)CO[C@@H]1C[C@@H]3O.CC1=C2[C@@H](O)C(=O)[C@]3(C)[C@@H](OC(=O)CN)C[C@H]4OC[C@@]4(C)[C@H]3[C@H](C)[C@](O)(C[C@@H]1OC(=O)[C@H](O)[C@@H](N[B]C=O)c1ccccc1)C2(C)C.CC1=C2[C@@H](OC(=O)CN)C(=O)[C@@]3(C)[C@H]([C@H](C)[C@](O)(C[C@@H]1OC(=O)[C@H](O)[C@@H](N[B]C=O)c1ccccc1)C2(C)C)[C@]1(C)CO[C@@H]1C[C@@H]3O. The van der Waals surface area contributed by atoms with E-state index in [0.29, 0.717) is 71.8 Å². The van der Waals surface area contributed by atoms with E-state index in [1.165, 1.54) is 0 Å². The Morgan fingerprint density at radius 1 is 0.426 bits per heavy atom. The van der Waals surface area contributed by atoms with Gasteiger partial charge in [0.25, 0.3) is 22.2 Å². The Hall–Kier alpha value is -8.81. The Balaban J connectivity index is 0.000000178. The summed E-state index contributed by atoms with van der Waals surface area (Å²) in [7, 11) is 3.22. The number of nitrogens with two attached hydrogens (primary N) is 3. The largest absolute Gasteiger partial charge is 0.460 e. The molecule has 765 valence electrons. The summed E-state index contributed by atoms with van der Waals surface area (Å²) in [5, 5.41) is 116. The van der Waals surface area contributed by atoms with E-state index in [1.807, 2.05) is 41.5 Å². The molecule has 3 radical (unpaired) electrons. The number of ketones is 3. The monoisotopic (exact) mass is 1960 g/mol. The van der Waals surface area contributed by atoms with E-state index in [0.717, 1.165) is 22.2 Å². The lowest BCUT2D eigenvalue weighted by Gasteiger charge is -2.68. The van der Waals surface area contributed by atoms with Gasteiger partial charge in [0.15, 0.2) is 35.7 Å². The molecule has 9 aliphatic carbocycles. The van der Waals surface area contributed by atoms with Crippen LogP contribution in [0.2, 0.25) is 0 Å². The number of nitrogens with one attached hydrogen (secondary N) is 3. The molecule has 15 rings (SSSR count). The van der Waals surface area contributed by atoms with E-state index in [-0.39, 0.29) is 80.1 Å². The number of carbonyl (C=O) groups is 12. The third kappa shape index (κ3) is 17.8. The van der Waals surface area contributed by atoms with Crippen LogP contribution in [-0.4, -0.2) is 288 Å². The molecule has 0 spiro atoms. The first kappa shape index (κ1) is 109. The lowest BCUT2D eigenvalue weighted by molar-refractivity contribution is -0.303. The third-order valence-corrected chi connectivity index (χ3v) is 36.0. The topological polar surface area (TPSA) is 584 Å². The predicted octanol–water partition coefficient (Wildman–Crippen LogP) is 2.28. The number of carbonyl (C=O) groups excluding carboxylic acids is 12. The molecule has 12 aliphatic rings. The molecular formula is C102H138B3N6O30. The average Bonchev–Trinajstić information content (AvgIpc) is 0.680. The van der Waals surface area contributed by atoms with Crippen LogP contribution < -0.4 is 32.9 Å². The molecule has 0 unspecified atom stereocenters. The third-order valence-electron chi connectivity index (χ3n) is 36.0. The van der Waals surface area contributed by atoms with Crippen molar-refractivity contribution in [3.8, 4) is 0 Å². The van der Waals surface area contributed by atoms with E-state index < -0.39 is 259 Å². The highest BCUT2D eigenvalue weighted by molar-refractivity contribution is 6.65. The lowest BCUT2D eigenvalue weighted by Crippen LogP contribution is -2.75. The van der Waals surface area contributed by atoms with Crippen molar-refractivity contribution in [1.82, 2.24) is 15.7 Å². The second kappa shape index (κ2) is 40.5. The van der Waals surface area contributed by atoms with Crippen LogP contribution >= 0.6 is 0 Å². The van der Waals surface area contributed by atoms with Gasteiger partial charge in [-0.15, -0.1) is 0 Å². The van der Waals surface area contributed by atoms with Crippen LogP contribution in [0.15, 0.2) is 124 Å². The Kier molecular flexibility index (Phi) is 31.5. The van der Waals surface area contributed by atoms with Crippen LogP contribution in [0.1, 0.15) is 198 Å². The zero-order valence-corrected chi connectivity index (χ0v) is 83.3. The molecule has 3 saturated heterocycles. The van der Waals surface area contributed by atoms with Gasteiger partial charge in [0, 0.05) is 71.0 Å². The number of esters is 6. The van der Waals surface area contributed by atoms with Crippen LogP contribution in [0.4, 0.5) is 0 Å². The van der Waals surface area contributed by atoms with Crippen molar-refractivity contribution in [2.75, 3.05) is 39.5 Å². The van der Waals surface area contributed by atoms with Crippen molar-refractivity contribution in [2.24, 2.45) is 101 Å². The van der Waals surface area contributed by atoms with Crippen molar-refractivity contribution in [2.45, 2.75) is 290 Å². The average molecular weight is 1960 g/mol. The molecule has 6 saturated carbocycles. The van der Waals surface area contributed by atoms with Crippen LogP contribution in [0.5, 0.6) is 0 Å². The molecule has 18 N–H and O–H groups in total. The number of aliphatic hydroxyl groups excluding tert-OH is 6. The van der Waals surface area contributed by atoms with Crippen molar-refractivity contribution in [3.05, 3.63) is 141 Å². The first-order valence-electron chi connectivity index (χ1n) is 48.4. The van der Waals surface area contributed by atoms with E-state index in [1.54, 1.807) is 174 Å². The van der Waals surface area contributed by atoms with Crippen molar-refractivity contribution < 1.29 is 146 Å². The van der Waals surface area contributed by atoms with Gasteiger partial charge in [-0.3, -0.25) is 28.8 Å². The quantitative estimate of drug-likeness (QED) is 0.0171. The number of hydrogen-bond acceptors (Lipinski definition) is 36. The molecule has 39 heteroatoms. The van der Waals surface area contributed by atoms with Gasteiger partial charge in [0.1, 0.15) is 36.6 Å². The van der Waals surface area contributed by atoms with E-state index in [9.17, 15) is 103 Å². The van der Waals surface area contributed by atoms with E-state index in [2.05, 4.69) is 15.7 Å². The fourth-order valence-electron chi connectivity index (χ4n) is 28.2. The fraction of sp³-hybridized carbons (Fsp3) is 0.647. The zero-order chi connectivity index (χ0) is 104. The van der Waals surface area contributed by atoms with E-state index in [4.69, 9.17) is 59.8 Å². The second-order valence-corrected chi connectivity index (χ2v) is 43.9. The van der Waals surface area contributed by atoms with Crippen molar-refractivity contribution in [1.29, 1.82) is 0 Å². The van der Waals surface area contributed by atoms with Crippen LogP contribution in [0.25, 0.3) is 0 Å². The number of Topliss-reactive ketones (excluding diaryl/α,β-unsaturated/α-hetero) is 3. The lowest BCUT2D eigenvalue weighted by atomic mass is 9.40. The van der Waals surface area contributed by atoms with Gasteiger partial charge in [-0.1, -0.05) is 174 Å². The number of fused-ring (bicyclic) bond motifs is 15. The van der Waals surface area contributed by atoms with Gasteiger partial charge in [-0.25, -0.2) is 14.4 Å². The highest BCUT2D eigenvalue weighted by atomic mass is 16.6. The summed E-state index contributed by atoms with van der Waals surface area (Å²) < 4.78 is 52.7. The highest BCUT2D eigenvalue weighted by Gasteiger charge is 2.78. The first-order chi connectivity index (χ1) is 66.0. The minimum absolute atomic E-state index is 0.0960. The minimum Gasteiger partial charge on any atom is -0.460 e. The van der Waals surface area contributed by atoms with Crippen LogP contribution in [-0.2, 0) is 100 Å². The highest BCUT2D eigenvalue weighted by Crippen LogP contribution is 2.72. The molecule has 3 aliphatic heterocycles. The Morgan fingerprint density at radius 3 is 1.08 bits per heavy atom. The van der Waals surface area contributed by atoms with Gasteiger partial charge in [0.2, 0.25) is 6.10 Å². The molecule has 0 aromatic heterocycles. The van der Waals surface area contributed by atoms with Crippen LogP contribution in [0.3, 0.4) is 0 Å². The number of aliphatic hydroxyl groups is 9. The summed E-state index contributed by atoms with van der Waals surface area (Å²) in [5.74, 6) is -10.9. The minimum atomic E-state index is -1.77. The molecule has 3 aromatic carbocycles. The zero-order valence-electron chi connectivity index (χ0n) is 83.3. The maximum Gasteiger partial charge on any atom is 0.350 e. The summed E-state index contributed by atoms with van der Waals surface area (Å²) in [6.45, 7) is 31.6. The smallest absolute Gasteiger partial charge is 0.350 e. The van der Waals surface area contributed by atoms with Gasteiger partial charge in [0.05, 0.1) is 140 Å². The molecular weight excluding hydrogens is 1820 g/mol. The summed E-state index contributed by atoms with van der Waals surface area (Å²) in [6, 6.07) is 22.6. The Morgan fingerprint density at radius 2 is 0.730 bits per heavy atom. The maximum atomic E-state index is 14.9. The molecule has 0 amide bonds. The van der Waals surface area contributed by atoms with Gasteiger partial charge in [-0.2, -0.15) is 0 Å². The standard InChI is InChI=1S/3C34H46BN2O10/c1-17-20(46-30(43)26(41)25(37-35-16-38)19-10-8-7-9-11-19)13-34(44)18(2)28-32(5)15-45-22(32)12-21(39)33(28,6)29(42)27(47-23(40)14-36)24(17)31(34,3)4;1-17-20(46-30(43)27(47-23(40)14-36)25(37-35-16-38)19-10-8-7-9-11-19)13-34(44)18(2)28-32(5)15-45-22(32)12-21(39)33(28,6)29(42)26(41)24(17)31(34,3)4;1-17-20(46-30(43)27(41)25(37-35-16-38)19-10-8-7-9-11-19)13-34(44)18(2)28-32(5)15-45-21(32)12-22(47-23(39)14-36)33(28,6)29(42)26(40)24(17)31(34,3)4/h2*7-11,16,18,20-22,25-28,37,39,41,44H,12-15,36H2,1-6H3;7-11,16,18,20-22,25-28,37,40-41,44H,12-15,36H2,1-6H3/t2*18-,20-,21-,22+,25-,26+,27+,28+,32+,33+,34+;18-,20-,21+,22-,25-,26+,27+,28+,32+,33+,34+/m000/s1. The normalized spacial score (nSPS) is 38.7. The van der Waals surface area contributed by atoms with Crippen molar-refractivity contribution in [3.63, 3.8) is 0 Å². The summed E-state index contributed by atoms with van der Waals surface area (Å²) in [6.07, 6.45) is -15.9. The molecule has 33 atom stereocenters. The molecule has 3 heterocycles. The molecule has 6 bridgehead atoms. The predicted molar refractivity (Wildman–Crippen MR) is 510 cm³/mol. The molecule has 36 nitrogen and oxygen atoms in total. The number of hydrogen-bond donors (Lipinski definition) is 15. The molecule has 3 aromatic rings. The second-order valence-electron chi connectivity index (χ2n) is 43.9. The maximum absolute atomic E-state index is 14.9. The first-order valence-corrected chi connectivity index (χ1v) is 48.4. The van der Waals surface area contributed by atoms with Crippen molar-refractivity contribution >= 4 is 94.0 Å². The Bertz CT molecular complexity index is 5380. The van der Waals surface area contributed by atoms with Crippen LogP contribution in [0, 0.1) is 84.2 Å². The molecule has 141 heavy (non-hydrogen) atoms. The van der Waals surface area contributed by atoms with Gasteiger partial charge < -0.3 is 136 Å². The molecule has 9 fully saturated rings. The van der Waals surface area contributed by atoms with E-state index >= 15 is 0 Å². The number of rotatable bonds is 27. The van der Waals surface area contributed by atoms with Gasteiger partial charge >= 0.3 is 35.8 Å². The number of ether oxygens (including phenoxy) is 9. The number of benzene rings is 3. The fourth-order valence-corrected chi connectivity index (χ4v) is 28.2. The summed E-state index contributed by atoms with van der Waals surface area (Å²) in [5.41, 5.74) is 5.59. The summed E-state index contributed by atoms with van der Waals surface area (Å²) >= 11 is 0. The Labute approximate surface area is 823 Å². The van der Waals surface area contributed by atoms with Gasteiger partial charge in [-0.05, 0) is 127 Å².